The third-order valence-corrected chi connectivity index (χ3v) is 4.63. The molecule has 4 aromatic rings. The van der Waals surface area contributed by atoms with E-state index in [4.69, 9.17) is 4.98 Å². The van der Waals surface area contributed by atoms with Gasteiger partial charge in [0.25, 0.3) is 0 Å². The summed E-state index contributed by atoms with van der Waals surface area (Å²) in [5.41, 5.74) is 3.43. The zero-order chi connectivity index (χ0) is 20.1. The minimum Gasteiger partial charge on any atom is -0.369 e. The molecule has 1 aromatic carbocycles. The van der Waals surface area contributed by atoms with Gasteiger partial charge in [-0.2, -0.15) is 0 Å². The van der Waals surface area contributed by atoms with Gasteiger partial charge in [-0.05, 0) is 19.1 Å². The van der Waals surface area contributed by atoms with Gasteiger partial charge in [0.1, 0.15) is 11.5 Å². The second-order valence-corrected chi connectivity index (χ2v) is 6.70. The van der Waals surface area contributed by atoms with Gasteiger partial charge in [-0.1, -0.05) is 36.4 Å². The molecule has 1 amide bonds. The number of nitrogens with one attached hydrogen (secondary N) is 2. The van der Waals surface area contributed by atoms with Crippen LogP contribution in [0.5, 0.6) is 0 Å². The molecule has 0 aliphatic heterocycles. The first-order chi connectivity index (χ1) is 14.2. The first-order valence-corrected chi connectivity index (χ1v) is 9.54. The maximum atomic E-state index is 12.4. The Bertz CT molecular complexity index is 1090. The fraction of sp³-hybridized carbons (Fsp3) is 0.182. The largest absolute Gasteiger partial charge is 0.369 e. The number of carbonyl (C=O) groups excluding carboxylic acids is 1. The van der Waals surface area contributed by atoms with E-state index in [0.29, 0.717) is 13.0 Å². The second kappa shape index (κ2) is 8.52. The summed E-state index contributed by atoms with van der Waals surface area (Å²) in [5.74, 6) is 0.812. The van der Waals surface area contributed by atoms with Crippen molar-refractivity contribution in [3.63, 3.8) is 0 Å². The lowest BCUT2D eigenvalue weighted by Gasteiger charge is -2.14. The maximum Gasteiger partial charge on any atom is 0.222 e. The molecule has 0 aliphatic rings. The molecule has 1 atom stereocenters. The second-order valence-electron chi connectivity index (χ2n) is 6.70. The van der Waals surface area contributed by atoms with Crippen molar-refractivity contribution in [1.82, 2.24) is 24.7 Å². The van der Waals surface area contributed by atoms with E-state index in [9.17, 15) is 4.79 Å². The predicted octanol–water partition coefficient (Wildman–Crippen LogP) is 3.47. The topological polar surface area (TPSA) is 84.2 Å². The van der Waals surface area contributed by atoms with Crippen LogP contribution in [0, 0.1) is 0 Å². The van der Waals surface area contributed by atoms with Crippen molar-refractivity contribution in [3.8, 4) is 11.3 Å². The molecule has 3 aromatic heterocycles. The fourth-order valence-electron chi connectivity index (χ4n) is 3.19. The number of pyridine rings is 1. The van der Waals surface area contributed by atoms with Crippen LogP contribution < -0.4 is 10.6 Å². The first kappa shape index (κ1) is 18.6. The molecule has 7 heteroatoms. The summed E-state index contributed by atoms with van der Waals surface area (Å²) in [7, 11) is 0. The van der Waals surface area contributed by atoms with E-state index in [1.54, 1.807) is 18.6 Å². The molecule has 7 nitrogen and oxygen atoms in total. The van der Waals surface area contributed by atoms with Crippen LogP contribution >= 0.6 is 0 Å². The Labute approximate surface area is 168 Å². The number of hydrogen-bond donors (Lipinski definition) is 2. The number of aromatic nitrogens is 4. The highest BCUT2D eigenvalue weighted by atomic mass is 16.1. The normalized spacial score (nSPS) is 11.9. The highest BCUT2D eigenvalue weighted by Gasteiger charge is 2.15. The third kappa shape index (κ3) is 4.24. The fourth-order valence-corrected chi connectivity index (χ4v) is 3.19. The Balaban J connectivity index is 1.45. The van der Waals surface area contributed by atoms with E-state index in [1.165, 1.54) is 0 Å². The lowest BCUT2D eigenvalue weighted by molar-refractivity contribution is -0.121. The number of benzene rings is 1. The number of imidazole rings is 1. The van der Waals surface area contributed by atoms with Crippen LogP contribution in [0.3, 0.4) is 0 Å². The summed E-state index contributed by atoms with van der Waals surface area (Å²) >= 11 is 0. The Morgan fingerprint density at radius 2 is 1.93 bits per heavy atom. The van der Waals surface area contributed by atoms with Gasteiger partial charge in [0.15, 0.2) is 5.65 Å². The number of fused-ring (bicyclic) bond motifs is 1. The molecule has 0 saturated carbocycles. The van der Waals surface area contributed by atoms with Gasteiger partial charge in [0, 0.05) is 37.1 Å². The van der Waals surface area contributed by atoms with Gasteiger partial charge < -0.3 is 10.6 Å². The standard InChI is InChI=1S/C22H22N6O/c1-16(18-9-5-6-11-24-18)26-20(29)10-12-25-22-21(17-7-3-2-4-8-17)27-19-15-23-13-14-28(19)22/h2-9,11,13-16,25H,10,12H2,1H3,(H,26,29)/t16-/m1/s1. The van der Waals surface area contributed by atoms with E-state index in [1.807, 2.05) is 66.1 Å². The molecule has 0 radical (unpaired) electrons. The molecule has 29 heavy (non-hydrogen) atoms. The maximum absolute atomic E-state index is 12.4. The van der Waals surface area contributed by atoms with E-state index in [0.717, 1.165) is 28.4 Å². The molecule has 2 N–H and O–H groups in total. The Hall–Kier alpha value is -3.74. The zero-order valence-corrected chi connectivity index (χ0v) is 16.1. The summed E-state index contributed by atoms with van der Waals surface area (Å²) < 4.78 is 1.95. The van der Waals surface area contributed by atoms with E-state index in [-0.39, 0.29) is 11.9 Å². The van der Waals surface area contributed by atoms with Gasteiger partial charge in [0.05, 0.1) is 17.9 Å². The van der Waals surface area contributed by atoms with Crippen LogP contribution in [0.1, 0.15) is 25.1 Å². The van der Waals surface area contributed by atoms with Crippen LogP contribution in [0.25, 0.3) is 16.9 Å². The highest BCUT2D eigenvalue weighted by molar-refractivity contribution is 5.78. The number of nitrogens with zero attached hydrogens (tertiary/aromatic N) is 4. The molecule has 4 rings (SSSR count). The zero-order valence-electron chi connectivity index (χ0n) is 16.1. The Kier molecular flexibility index (Phi) is 5.47. The Morgan fingerprint density at radius 1 is 1.10 bits per heavy atom. The molecule has 0 spiro atoms. The lowest BCUT2D eigenvalue weighted by Crippen LogP contribution is -2.28. The van der Waals surface area contributed by atoms with Crippen molar-refractivity contribution >= 4 is 17.4 Å². The minimum absolute atomic E-state index is 0.0348. The Morgan fingerprint density at radius 3 is 2.72 bits per heavy atom. The van der Waals surface area contributed by atoms with Gasteiger partial charge in [-0.25, -0.2) is 4.98 Å². The number of anilines is 1. The van der Waals surface area contributed by atoms with E-state index >= 15 is 0 Å². The lowest BCUT2D eigenvalue weighted by atomic mass is 10.1. The van der Waals surface area contributed by atoms with E-state index in [2.05, 4.69) is 20.6 Å². The smallest absolute Gasteiger partial charge is 0.222 e. The summed E-state index contributed by atoms with van der Waals surface area (Å²) in [6, 6.07) is 15.5. The molecule has 3 heterocycles. The van der Waals surface area contributed by atoms with Crippen molar-refractivity contribution in [1.29, 1.82) is 0 Å². The third-order valence-electron chi connectivity index (χ3n) is 4.63. The van der Waals surface area contributed by atoms with Crippen molar-refractivity contribution in [2.45, 2.75) is 19.4 Å². The van der Waals surface area contributed by atoms with Crippen molar-refractivity contribution < 1.29 is 4.79 Å². The van der Waals surface area contributed by atoms with Crippen molar-refractivity contribution in [2.75, 3.05) is 11.9 Å². The SMILES string of the molecule is C[C@@H](NC(=O)CCNc1c(-c2ccccc2)nc2cnccn12)c1ccccn1. The minimum atomic E-state index is -0.134. The van der Waals surface area contributed by atoms with Crippen LogP contribution in [-0.2, 0) is 4.79 Å². The van der Waals surface area contributed by atoms with Gasteiger partial charge in [-0.15, -0.1) is 0 Å². The quantitative estimate of drug-likeness (QED) is 0.508. The molecular formula is C22H22N6O. The average Bonchev–Trinajstić information content (AvgIpc) is 3.14. The number of carbonyl (C=O) groups is 1. The first-order valence-electron chi connectivity index (χ1n) is 9.54. The van der Waals surface area contributed by atoms with Gasteiger partial charge >= 0.3 is 0 Å². The monoisotopic (exact) mass is 386 g/mol. The van der Waals surface area contributed by atoms with Gasteiger partial charge in [0.2, 0.25) is 5.91 Å². The van der Waals surface area contributed by atoms with Crippen molar-refractivity contribution in [2.24, 2.45) is 0 Å². The van der Waals surface area contributed by atoms with Crippen LogP contribution in [0.4, 0.5) is 5.82 Å². The molecule has 0 saturated heterocycles. The molecule has 0 unspecified atom stereocenters. The van der Waals surface area contributed by atoms with Crippen molar-refractivity contribution in [3.05, 3.63) is 79.0 Å². The molecule has 0 bridgehead atoms. The number of hydrogen-bond acceptors (Lipinski definition) is 5. The van der Waals surface area contributed by atoms with Crippen LogP contribution in [-0.4, -0.2) is 31.8 Å². The van der Waals surface area contributed by atoms with E-state index < -0.39 is 0 Å². The average molecular weight is 386 g/mol. The summed E-state index contributed by atoms with van der Waals surface area (Å²) in [6.07, 6.45) is 7.36. The van der Waals surface area contributed by atoms with Gasteiger partial charge in [-0.3, -0.25) is 19.2 Å². The molecular weight excluding hydrogens is 364 g/mol. The highest BCUT2D eigenvalue weighted by Crippen LogP contribution is 2.28. The number of amides is 1. The molecule has 0 aliphatic carbocycles. The number of rotatable bonds is 7. The predicted molar refractivity (Wildman–Crippen MR) is 112 cm³/mol. The van der Waals surface area contributed by atoms with Crippen LogP contribution in [0.15, 0.2) is 73.3 Å². The molecule has 146 valence electrons. The molecule has 0 fully saturated rings. The summed E-state index contributed by atoms with van der Waals surface area (Å²) in [4.78, 5) is 25.5. The summed E-state index contributed by atoms with van der Waals surface area (Å²) in [6.45, 7) is 2.41. The summed E-state index contributed by atoms with van der Waals surface area (Å²) in [5, 5.41) is 6.36. The van der Waals surface area contributed by atoms with Crippen LogP contribution in [0.2, 0.25) is 0 Å².